The molecule has 0 atom stereocenters. The minimum Gasteiger partial charge on any atom is -0.473 e. The summed E-state index contributed by atoms with van der Waals surface area (Å²) in [6.07, 6.45) is 5.47. The molecule has 1 saturated carbocycles. The van der Waals surface area contributed by atoms with Gasteiger partial charge in [0.25, 0.3) is 0 Å². The van der Waals surface area contributed by atoms with E-state index in [1.165, 1.54) is 12.5 Å². The van der Waals surface area contributed by atoms with Gasteiger partial charge in [-0.1, -0.05) is 44.0 Å². The van der Waals surface area contributed by atoms with Crippen LogP contribution in [-0.2, 0) is 14.3 Å². The molecule has 0 aromatic heterocycles. The van der Waals surface area contributed by atoms with E-state index >= 15 is 0 Å². The van der Waals surface area contributed by atoms with Crippen LogP contribution in [0.25, 0.3) is 0 Å². The second-order valence-electron chi connectivity index (χ2n) is 6.27. The fourth-order valence-corrected chi connectivity index (χ4v) is 3.18. The van der Waals surface area contributed by atoms with Gasteiger partial charge in [0.2, 0.25) is 5.88 Å². The summed E-state index contributed by atoms with van der Waals surface area (Å²) in [5.74, 6) is 4.80. The first-order valence-electron chi connectivity index (χ1n) is 8.87. The lowest BCUT2D eigenvalue weighted by atomic mass is 9.98. The quantitative estimate of drug-likeness (QED) is 0.144. The molecule has 0 bridgehead atoms. The van der Waals surface area contributed by atoms with Crippen LogP contribution in [0, 0.1) is 0 Å². The molecule has 0 radical (unpaired) electrons. The SMILES string of the molecule is CCOC(=O)/C(N)=C(/NN)OC1CCCCC1.FS(F)(F)(F)(F)c1ccccc1. The first-order valence-corrected chi connectivity index (χ1v) is 10.8. The second-order valence-corrected chi connectivity index (χ2v) is 8.68. The van der Waals surface area contributed by atoms with Crippen molar-refractivity contribution in [3.63, 3.8) is 0 Å². The van der Waals surface area contributed by atoms with Crippen LogP contribution in [0.1, 0.15) is 39.0 Å². The number of ether oxygens (including phenoxy) is 2. The number of rotatable bonds is 6. The number of carbonyl (C=O) groups is 1. The van der Waals surface area contributed by atoms with Crippen molar-refractivity contribution in [2.24, 2.45) is 11.6 Å². The average molecular weight is 447 g/mol. The van der Waals surface area contributed by atoms with Crippen molar-refractivity contribution in [1.82, 2.24) is 5.43 Å². The van der Waals surface area contributed by atoms with Crippen LogP contribution in [0.5, 0.6) is 0 Å². The third kappa shape index (κ3) is 8.77. The van der Waals surface area contributed by atoms with Gasteiger partial charge in [-0.3, -0.25) is 5.43 Å². The fraction of sp³-hybridized carbons (Fsp3) is 0.471. The minimum atomic E-state index is -9.43. The highest BCUT2D eigenvalue weighted by Crippen LogP contribution is 3.02. The van der Waals surface area contributed by atoms with Gasteiger partial charge >= 0.3 is 16.2 Å². The van der Waals surface area contributed by atoms with Crippen LogP contribution in [0.3, 0.4) is 0 Å². The molecular formula is C17H26F5N3O3S. The summed E-state index contributed by atoms with van der Waals surface area (Å²) in [4.78, 5) is 9.55. The van der Waals surface area contributed by atoms with Gasteiger partial charge in [-0.2, -0.15) is 0 Å². The van der Waals surface area contributed by atoms with Crippen molar-refractivity contribution in [2.75, 3.05) is 6.61 Å². The zero-order valence-electron chi connectivity index (χ0n) is 15.9. The highest BCUT2D eigenvalue weighted by atomic mass is 32.5. The van der Waals surface area contributed by atoms with E-state index in [4.69, 9.17) is 21.1 Å². The first kappa shape index (κ1) is 24.8. The van der Waals surface area contributed by atoms with Crippen molar-refractivity contribution in [3.8, 4) is 0 Å². The predicted molar refractivity (Wildman–Crippen MR) is 101 cm³/mol. The van der Waals surface area contributed by atoms with E-state index in [1.807, 2.05) is 0 Å². The molecule has 0 heterocycles. The largest absolute Gasteiger partial charge is 0.473 e. The van der Waals surface area contributed by atoms with Gasteiger partial charge in [0.15, 0.2) is 5.70 Å². The Labute approximate surface area is 166 Å². The van der Waals surface area contributed by atoms with E-state index in [9.17, 15) is 24.2 Å². The van der Waals surface area contributed by atoms with Crippen LogP contribution >= 0.6 is 10.2 Å². The highest BCUT2D eigenvalue weighted by molar-refractivity contribution is 8.45. The number of hydrogen-bond acceptors (Lipinski definition) is 6. The summed E-state index contributed by atoms with van der Waals surface area (Å²) in [6, 6.07) is 3.82. The third-order valence-electron chi connectivity index (χ3n) is 3.90. The number of nitrogens with one attached hydrogen (secondary N) is 1. The number of carbonyl (C=O) groups excluding carboxylic acids is 1. The summed E-state index contributed by atoms with van der Waals surface area (Å²) < 4.78 is 70.1. The summed E-state index contributed by atoms with van der Waals surface area (Å²) in [5, 5.41) is 0. The summed E-state index contributed by atoms with van der Waals surface area (Å²) >= 11 is 0. The normalized spacial score (nSPS) is 18.2. The second kappa shape index (κ2) is 9.08. The zero-order valence-corrected chi connectivity index (χ0v) is 16.7. The Morgan fingerprint density at radius 1 is 1.10 bits per heavy atom. The summed E-state index contributed by atoms with van der Waals surface area (Å²) in [6.45, 7) is 1.98. The lowest BCUT2D eigenvalue weighted by molar-refractivity contribution is -0.139. The van der Waals surface area contributed by atoms with Crippen LogP contribution < -0.4 is 17.0 Å². The van der Waals surface area contributed by atoms with E-state index in [1.54, 1.807) is 6.92 Å². The maximum Gasteiger partial charge on any atom is 0.359 e. The molecule has 29 heavy (non-hydrogen) atoms. The molecule has 0 saturated heterocycles. The molecule has 1 aromatic rings. The Kier molecular flexibility index (Phi) is 7.77. The molecule has 1 aliphatic rings. The molecule has 0 aliphatic heterocycles. The Hall–Kier alpha value is -2.21. The van der Waals surface area contributed by atoms with Gasteiger partial charge in [-0.05, 0) is 44.7 Å². The molecule has 1 aromatic carbocycles. The first-order chi connectivity index (χ1) is 13.3. The molecule has 0 amide bonds. The van der Waals surface area contributed by atoms with Crippen molar-refractivity contribution >= 4 is 16.2 Å². The van der Waals surface area contributed by atoms with E-state index in [-0.39, 0.29) is 24.3 Å². The Morgan fingerprint density at radius 3 is 2.07 bits per heavy atom. The van der Waals surface area contributed by atoms with Gasteiger partial charge in [0.1, 0.15) is 11.0 Å². The van der Waals surface area contributed by atoms with Gasteiger partial charge in [0.05, 0.1) is 6.61 Å². The van der Waals surface area contributed by atoms with Gasteiger partial charge in [-0.25, -0.2) is 10.6 Å². The lowest BCUT2D eigenvalue weighted by Crippen LogP contribution is -2.33. The Balaban J connectivity index is 0.000000308. The number of benzene rings is 1. The van der Waals surface area contributed by atoms with Crippen molar-refractivity contribution in [3.05, 3.63) is 41.9 Å². The Bertz CT molecular complexity index is 708. The zero-order chi connectivity index (χ0) is 22.2. The smallest absolute Gasteiger partial charge is 0.359 e. The monoisotopic (exact) mass is 447 g/mol. The maximum absolute atomic E-state index is 11.9. The number of esters is 1. The lowest BCUT2D eigenvalue weighted by Gasteiger charge is -2.40. The fourth-order valence-electron chi connectivity index (χ4n) is 2.50. The molecule has 6 nitrogen and oxygen atoms in total. The highest BCUT2D eigenvalue weighted by Gasteiger charge is 2.65. The van der Waals surface area contributed by atoms with Gasteiger partial charge < -0.3 is 15.2 Å². The van der Waals surface area contributed by atoms with Crippen LogP contribution in [-0.4, -0.2) is 18.7 Å². The molecule has 5 N–H and O–H groups in total. The molecule has 0 unspecified atom stereocenters. The van der Waals surface area contributed by atoms with Crippen LogP contribution in [0.2, 0.25) is 0 Å². The maximum atomic E-state index is 11.9. The minimum absolute atomic E-state index is 0.0720. The number of nitrogens with two attached hydrogens (primary N) is 2. The number of halogens is 5. The molecule has 0 spiro atoms. The van der Waals surface area contributed by atoms with Crippen LogP contribution in [0.4, 0.5) is 19.4 Å². The summed E-state index contributed by atoms with van der Waals surface area (Å²) in [5.41, 5.74) is 7.82. The molecule has 168 valence electrons. The van der Waals surface area contributed by atoms with Crippen molar-refractivity contribution < 1.29 is 33.7 Å². The van der Waals surface area contributed by atoms with E-state index in [0.29, 0.717) is 12.1 Å². The molecule has 12 heteroatoms. The predicted octanol–water partition coefficient (Wildman–Crippen LogP) is 4.83. The molecular weight excluding hydrogens is 421 g/mol. The molecule has 1 aliphatic carbocycles. The van der Waals surface area contributed by atoms with Crippen molar-refractivity contribution in [1.29, 1.82) is 0 Å². The molecule has 2 rings (SSSR count). The van der Waals surface area contributed by atoms with E-state index < -0.39 is 21.1 Å². The Morgan fingerprint density at radius 2 is 1.66 bits per heavy atom. The number of hydrazine groups is 1. The van der Waals surface area contributed by atoms with Crippen LogP contribution in [0.15, 0.2) is 46.8 Å². The number of hydrogen-bond donors (Lipinski definition) is 3. The average Bonchev–Trinajstić information content (AvgIpc) is 2.66. The van der Waals surface area contributed by atoms with Crippen molar-refractivity contribution in [2.45, 2.75) is 50.0 Å². The van der Waals surface area contributed by atoms with Gasteiger partial charge in [-0.15, -0.1) is 0 Å². The van der Waals surface area contributed by atoms with E-state index in [0.717, 1.165) is 37.8 Å². The van der Waals surface area contributed by atoms with Gasteiger partial charge in [0, 0.05) is 0 Å². The summed E-state index contributed by atoms with van der Waals surface area (Å²) in [7, 11) is -9.43. The third-order valence-corrected chi connectivity index (χ3v) is 5.06. The molecule has 1 fully saturated rings. The van der Waals surface area contributed by atoms with E-state index in [2.05, 4.69) is 5.43 Å². The topological polar surface area (TPSA) is 99.6 Å². The standard InChI is InChI=1S/C11H21N3O3.C6H5F5S/c1-2-16-11(15)9(12)10(14-13)17-8-6-4-3-5-7-8;7-12(8,9,10,11)6-4-2-1-3-5-6/h8,14H,2-7,12-13H2,1H3;1-5H/b10-9+;.